The summed E-state index contributed by atoms with van der Waals surface area (Å²) in [7, 11) is 2.13. The van der Waals surface area contributed by atoms with Gasteiger partial charge in [0.25, 0.3) is 0 Å². The van der Waals surface area contributed by atoms with E-state index in [0.29, 0.717) is 13.1 Å². The molecule has 1 aromatic rings. The van der Waals surface area contributed by atoms with Gasteiger partial charge in [0.1, 0.15) is 0 Å². The van der Waals surface area contributed by atoms with Gasteiger partial charge in [0.2, 0.25) is 0 Å². The zero-order valence-electron chi connectivity index (χ0n) is 19.3. The Kier molecular flexibility index (Phi) is 8.00. The molecule has 1 atom stereocenters. The number of rotatable bonds is 7. The monoisotopic (exact) mass is 443 g/mol. The molecule has 32 heavy (non-hydrogen) atoms. The molecule has 2 fully saturated rings. The number of nitrogens with one attached hydrogen (secondary N) is 2. The number of morpholine rings is 1. The lowest BCUT2D eigenvalue weighted by molar-refractivity contribution is -0.139. The molecular weight excluding hydrogens is 406 g/mol. The third-order valence-corrected chi connectivity index (χ3v) is 6.93. The summed E-state index contributed by atoms with van der Waals surface area (Å²) < 4.78 is 5.34. The summed E-state index contributed by atoms with van der Waals surface area (Å²) in [6, 6.07) is 6.78. The highest BCUT2D eigenvalue weighted by atomic mass is 16.5. The minimum absolute atomic E-state index is 0.0941. The summed E-state index contributed by atoms with van der Waals surface area (Å²) in [5.41, 5.74) is 3.91. The van der Waals surface area contributed by atoms with Gasteiger partial charge in [-0.15, -0.1) is 0 Å². The second-order valence-electron chi connectivity index (χ2n) is 9.09. The molecule has 2 saturated heterocycles. The Bertz CT molecular complexity index is 790. The van der Waals surface area contributed by atoms with E-state index in [2.05, 4.69) is 50.6 Å². The maximum absolute atomic E-state index is 12.5. The molecule has 8 heteroatoms. The van der Waals surface area contributed by atoms with Gasteiger partial charge < -0.3 is 20.3 Å². The molecule has 4 rings (SSSR count). The number of benzene rings is 1. The number of carbonyl (C=O) groups is 2. The highest BCUT2D eigenvalue weighted by Gasteiger charge is 2.26. The van der Waals surface area contributed by atoms with Crippen molar-refractivity contribution in [1.29, 1.82) is 0 Å². The van der Waals surface area contributed by atoms with E-state index in [1.807, 2.05) is 0 Å². The summed E-state index contributed by atoms with van der Waals surface area (Å²) in [6.07, 6.45) is 4.68. The smallest absolute Gasteiger partial charge is 0.309 e. The molecule has 2 amide bonds. The molecule has 8 nitrogen and oxygen atoms in total. The second kappa shape index (κ2) is 11.1. The van der Waals surface area contributed by atoms with E-state index in [0.717, 1.165) is 58.9 Å². The largest absolute Gasteiger partial charge is 0.379 e. The lowest BCUT2D eigenvalue weighted by Gasteiger charge is -2.35. The number of hydrogen-bond donors (Lipinski definition) is 2. The number of anilines is 1. The molecule has 1 aromatic carbocycles. The average molecular weight is 444 g/mol. The third kappa shape index (κ3) is 5.79. The van der Waals surface area contributed by atoms with Crippen molar-refractivity contribution in [3.05, 3.63) is 29.3 Å². The Labute approximate surface area is 191 Å². The fourth-order valence-corrected chi connectivity index (χ4v) is 4.98. The van der Waals surface area contributed by atoms with E-state index in [1.54, 1.807) is 0 Å². The number of likely N-dealkylation sites (tertiary alicyclic amines) is 1. The minimum atomic E-state index is -0.550. The van der Waals surface area contributed by atoms with Crippen LogP contribution in [0, 0.1) is 0 Å². The summed E-state index contributed by atoms with van der Waals surface area (Å²) in [6.45, 7) is 7.97. The first-order chi connectivity index (χ1) is 15.6. The van der Waals surface area contributed by atoms with Crippen LogP contribution >= 0.6 is 0 Å². The average Bonchev–Trinajstić information content (AvgIpc) is 3.20. The molecule has 2 N–H and O–H groups in total. The maximum Gasteiger partial charge on any atom is 0.309 e. The van der Waals surface area contributed by atoms with E-state index < -0.39 is 11.8 Å². The summed E-state index contributed by atoms with van der Waals surface area (Å²) in [5.74, 6) is -1.10. The maximum atomic E-state index is 12.5. The van der Waals surface area contributed by atoms with Crippen molar-refractivity contribution < 1.29 is 14.3 Å². The molecular formula is C24H37N5O3. The first-order valence-electron chi connectivity index (χ1n) is 12.1. The van der Waals surface area contributed by atoms with Gasteiger partial charge in [-0.1, -0.05) is 18.6 Å². The zero-order valence-corrected chi connectivity index (χ0v) is 19.3. The van der Waals surface area contributed by atoms with Crippen molar-refractivity contribution in [2.45, 2.75) is 31.7 Å². The number of carbonyl (C=O) groups excluding carboxylic acids is 2. The van der Waals surface area contributed by atoms with Crippen LogP contribution < -0.4 is 15.5 Å². The Balaban J connectivity index is 1.32. The molecule has 176 valence electrons. The highest BCUT2D eigenvalue weighted by Crippen LogP contribution is 2.32. The van der Waals surface area contributed by atoms with Crippen LogP contribution in [0.5, 0.6) is 0 Å². The third-order valence-electron chi connectivity index (χ3n) is 6.93. The van der Waals surface area contributed by atoms with E-state index in [1.165, 1.54) is 36.1 Å². The molecule has 0 bridgehead atoms. The van der Waals surface area contributed by atoms with Gasteiger partial charge in [-0.2, -0.15) is 0 Å². The van der Waals surface area contributed by atoms with E-state index in [-0.39, 0.29) is 6.04 Å². The highest BCUT2D eigenvalue weighted by molar-refractivity contribution is 6.35. The normalized spacial score (nSPS) is 20.6. The van der Waals surface area contributed by atoms with Gasteiger partial charge >= 0.3 is 11.8 Å². The molecule has 0 aromatic heterocycles. The number of fused-ring (bicyclic) bond motifs is 1. The van der Waals surface area contributed by atoms with Gasteiger partial charge in [-0.05, 0) is 49.5 Å². The van der Waals surface area contributed by atoms with Crippen LogP contribution in [0.15, 0.2) is 18.2 Å². The number of likely N-dealkylation sites (N-methyl/N-ethyl adjacent to an activating group) is 1. The summed E-state index contributed by atoms with van der Waals surface area (Å²) in [5, 5.41) is 5.67. The van der Waals surface area contributed by atoms with Crippen molar-refractivity contribution in [3.8, 4) is 0 Å². The van der Waals surface area contributed by atoms with Crippen molar-refractivity contribution in [2.75, 3.05) is 77.5 Å². The summed E-state index contributed by atoms with van der Waals surface area (Å²) in [4.78, 5) is 31.8. The van der Waals surface area contributed by atoms with Crippen LogP contribution in [0.4, 0.5) is 5.69 Å². The predicted molar refractivity (Wildman–Crippen MR) is 125 cm³/mol. The first-order valence-corrected chi connectivity index (χ1v) is 12.1. The quantitative estimate of drug-likeness (QED) is 0.607. The van der Waals surface area contributed by atoms with Gasteiger partial charge in [0, 0.05) is 52.0 Å². The SMILES string of the molecule is CN1CCc2cc(C(CNC(=O)C(=O)NCCN3CCOCC3)N3CCCCC3)ccc21. The van der Waals surface area contributed by atoms with Gasteiger partial charge in [-0.3, -0.25) is 19.4 Å². The number of piperidine rings is 1. The van der Waals surface area contributed by atoms with Gasteiger partial charge in [-0.25, -0.2) is 0 Å². The lowest BCUT2D eigenvalue weighted by Crippen LogP contribution is -2.47. The molecule has 1 unspecified atom stereocenters. The number of amides is 2. The lowest BCUT2D eigenvalue weighted by atomic mass is 9.98. The van der Waals surface area contributed by atoms with E-state index >= 15 is 0 Å². The van der Waals surface area contributed by atoms with Crippen molar-refractivity contribution in [1.82, 2.24) is 20.4 Å². The molecule has 3 aliphatic heterocycles. The predicted octanol–water partition coefficient (Wildman–Crippen LogP) is 0.771. The van der Waals surface area contributed by atoms with E-state index in [9.17, 15) is 9.59 Å². The number of hydrogen-bond acceptors (Lipinski definition) is 6. The molecule has 3 aliphatic rings. The Morgan fingerprint density at radius 1 is 1.00 bits per heavy atom. The zero-order chi connectivity index (χ0) is 22.3. The molecule has 0 spiro atoms. The minimum Gasteiger partial charge on any atom is -0.379 e. The molecule has 3 heterocycles. The Morgan fingerprint density at radius 2 is 1.75 bits per heavy atom. The van der Waals surface area contributed by atoms with Crippen LogP contribution in [-0.4, -0.2) is 94.2 Å². The summed E-state index contributed by atoms with van der Waals surface area (Å²) >= 11 is 0. The van der Waals surface area contributed by atoms with Crippen LogP contribution in [0.2, 0.25) is 0 Å². The standard InChI is InChI=1S/C24H37N5O3/c1-27-11-7-20-17-19(5-6-21(20)27)22(29-9-3-2-4-10-29)18-26-24(31)23(30)25-8-12-28-13-15-32-16-14-28/h5-6,17,22H,2-4,7-16,18H2,1H3,(H,25,30)(H,26,31). The van der Waals surface area contributed by atoms with Crippen molar-refractivity contribution in [3.63, 3.8) is 0 Å². The van der Waals surface area contributed by atoms with Gasteiger partial charge in [0.15, 0.2) is 0 Å². The number of ether oxygens (including phenoxy) is 1. The number of nitrogens with zero attached hydrogens (tertiary/aromatic N) is 3. The van der Waals surface area contributed by atoms with E-state index in [4.69, 9.17) is 4.74 Å². The molecule has 0 aliphatic carbocycles. The van der Waals surface area contributed by atoms with Crippen LogP contribution in [0.1, 0.15) is 36.4 Å². The van der Waals surface area contributed by atoms with Crippen molar-refractivity contribution in [2.24, 2.45) is 0 Å². The fourth-order valence-electron chi connectivity index (χ4n) is 4.98. The Morgan fingerprint density at radius 3 is 2.53 bits per heavy atom. The topological polar surface area (TPSA) is 77.2 Å². The first kappa shape index (κ1) is 23.0. The Hall–Kier alpha value is -2.16. The molecule has 0 saturated carbocycles. The van der Waals surface area contributed by atoms with Crippen LogP contribution in [-0.2, 0) is 20.7 Å². The van der Waals surface area contributed by atoms with Crippen LogP contribution in [0.25, 0.3) is 0 Å². The van der Waals surface area contributed by atoms with Gasteiger partial charge in [0.05, 0.1) is 19.3 Å². The fraction of sp³-hybridized carbons (Fsp3) is 0.667. The van der Waals surface area contributed by atoms with Crippen molar-refractivity contribution >= 4 is 17.5 Å². The van der Waals surface area contributed by atoms with Crippen LogP contribution in [0.3, 0.4) is 0 Å². The second-order valence-corrected chi connectivity index (χ2v) is 9.09. The molecule has 0 radical (unpaired) electrons.